The summed E-state index contributed by atoms with van der Waals surface area (Å²) in [6, 6.07) is 3.01. The van der Waals surface area contributed by atoms with E-state index in [1.807, 2.05) is 0 Å². The topological polar surface area (TPSA) is 19.4 Å². The van der Waals surface area contributed by atoms with Crippen LogP contribution in [0, 0.1) is 6.92 Å². The average Bonchev–Trinajstić information content (AvgIpc) is 3.07. The molecule has 122 valence electrons. The summed E-state index contributed by atoms with van der Waals surface area (Å²) in [5.41, 5.74) is 2.80. The molecular formula is C19H31N3. The molecule has 3 heterocycles. The summed E-state index contributed by atoms with van der Waals surface area (Å²) >= 11 is 0. The second-order valence-corrected chi connectivity index (χ2v) is 7.00. The van der Waals surface area contributed by atoms with Gasteiger partial charge in [0.1, 0.15) is 5.82 Å². The molecule has 2 aliphatic heterocycles. The molecule has 1 atom stereocenters. The minimum absolute atomic E-state index is 0.596. The molecule has 0 N–H and O–H groups in total. The van der Waals surface area contributed by atoms with Gasteiger partial charge in [0.15, 0.2) is 0 Å². The molecule has 1 aromatic rings. The zero-order chi connectivity index (χ0) is 15.4. The fraction of sp³-hybridized carbons (Fsp3) is 0.737. The molecule has 1 aromatic heterocycles. The van der Waals surface area contributed by atoms with E-state index in [1.165, 1.54) is 88.1 Å². The lowest BCUT2D eigenvalue weighted by atomic mass is 9.95. The van der Waals surface area contributed by atoms with Crippen LogP contribution in [-0.4, -0.2) is 36.1 Å². The average molecular weight is 301 g/mol. The van der Waals surface area contributed by atoms with E-state index in [-0.39, 0.29) is 0 Å². The van der Waals surface area contributed by atoms with Crippen LogP contribution in [0.2, 0.25) is 0 Å². The molecule has 2 saturated heterocycles. The number of rotatable bonds is 5. The Bertz CT molecular complexity index is 480. The summed E-state index contributed by atoms with van der Waals surface area (Å²) in [7, 11) is 0. The first kappa shape index (κ1) is 15.8. The van der Waals surface area contributed by atoms with Gasteiger partial charge in [-0.05, 0) is 69.3 Å². The Balaban J connectivity index is 1.76. The normalized spacial score (nSPS) is 23.2. The lowest BCUT2D eigenvalue weighted by Gasteiger charge is -2.36. The van der Waals surface area contributed by atoms with Gasteiger partial charge < -0.3 is 4.90 Å². The van der Waals surface area contributed by atoms with Crippen molar-refractivity contribution in [3.05, 3.63) is 23.4 Å². The van der Waals surface area contributed by atoms with Crippen LogP contribution >= 0.6 is 0 Å². The summed E-state index contributed by atoms with van der Waals surface area (Å²) in [4.78, 5) is 10.00. The summed E-state index contributed by atoms with van der Waals surface area (Å²) < 4.78 is 0. The number of pyridine rings is 1. The molecule has 0 aromatic carbocycles. The standard InChI is InChI=1S/C19H31N3/c1-3-4-10-21-11-6-5-9-18(21)17-14-16(2)19(20-15-17)22-12-7-8-13-22/h14-15,18H,3-13H2,1-2H3/t18-/m0/s1. The fourth-order valence-corrected chi connectivity index (χ4v) is 4.03. The Labute approximate surface area is 135 Å². The number of hydrogen-bond donors (Lipinski definition) is 0. The van der Waals surface area contributed by atoms with Crippen LogP contribution in [0.1, 0.15) is 69.0 Å². The van der Waals surface area contributed by atoms with Crippen molar-refractivity contribution in [1.29, 1.82) is 0 Å². The van der Waals surface area contributed by atoms with E-state index in [9.17, 15) is 0 Å². The minimum Gasteiger partial charge on any atom is -0.356 e. The first-order valence-corrected chi connectivity index (χ1v) is 9.25. The molecule has 0 saturated carbocycles. The van der Waals surface area contributed by atoms with Crippen LogP contribution in [0.5, 0.6) is 0 Å². The Morgan fingerprint density at radius 1 is 1.14 bits per heavy atom. The van der Waals surface area contributed by atoms with Crippen LogP contribution < -0.4 is 4.90 Å². The van der Waals surface area contributed by atoms with Crippen molar-refractivity contribution in [2.45, 2.75) is 64.8 Å². The number of aromatic nitrogens is 1. The van der Waals surface area contributed by atoms with E-state index in [0.29, 0.717) is 6.04 Å². The third-order valence-corrected chi connectivity index (χ3v) is 5.27. The van der Waals surface area contributed by atoms with Crippen LogP contribution in [0.4, 0.5) is 5.82 Å². The Kier molecular flexibility index (Phi) is 5.35. The number of anilines is 1. The zero-order valence-electron chi connectivity index (χ0n) is 14.4. The van der Waals surface area contributed by atoms with Gasteiger partial charge in [-0.25, -0.2) is 4.98 Å². The number of nitrogens with zero attached hydrogens (tertiary/aromatic N) is 3. The molecule has 3 rings (SSSR count). The van der Waals surface area contributed by atoms with Gasteiger partial charge in [0.05, 0.1) is 0 Å². The smallest absolute Gasteiger partial charge is 0.131 e. The van der Waals surface area contributed by atoms with Gasteiger partial charge in [0.2, 0.25) is 0 Å². The highest BCUT2D eigenvalue weighted by molar-refractivity contribution is 5.48. The first-order valence-electron chi connectivity index (χ1n) is 9.25. The molecule has 22 heavy (non-hydrogen) atoms. The first-order chi connectivity index (χ1) is 10.8. The Morgan fingerprint density at radius 2 is 1.91 bits per heavy atom. The number of aryl methyl sites for hydroxylation is 1. The van der Waals surface area contributed by atoms with Gasteiger partial charge >= 0.3 is 0 Å². The molecule has 2 fully saturated rings. The van der Waals surface area contributed by atoms with Gasteiger partial charge in [-0.1, -0.05) is 19.8 Å². The molecule has 0 bridgehead atoms. The quantitative estimate of drug-likeness (QED) is 0.807. The molecule has 0 amide bonds. The second kappa shape index (κ2) is 7.45. The van der Waals surface area contributed by atoms with Crippen molar-refractivity contribution >= 4 is 5.82 Å². The van der Waals surface area contributed by atoms with E-state index >= 15 is 0 Å². The van der Waals surface area contributed by atoms with Gasteiger partial charge in [-0.15, -0.1) is 0 Å². The number of hydrogen-bond acceptors (Lipinski definition) is 3. The van der Waals surface area contributed by atoms with Gasteiger partial charge in [-0.2, -0.15) is 0 Å². The zero-order valence-corrected chi connectivity index (χ0v) is 14.4. The van der Waals surface area contributed by atoms with Gasteiger partial charge in [-0.3, -0.25) is 4.90 Å². The summed E-state index contributed by atoms with van der Waals surface area (Å²) in [6.45, 7) is 9.39. The molecule has 2 aliphatic rings. The van der Waals surface area contributed by atoms with Crippen LogP contribution in [0.3, 0.4) is 0 Å². The van der Waals surface area contributed by atoms with Crippen LogP contribution in [0.25, 0.3) is 0 Å². The third-order valence-electron chi connectivity index (χ3n) is 5.27. The highest BCUT2D eigenvalue weighted by Crippen LogP contribution is 2.33. The Morgan fingerprint density at radius 3 is 2.64 bits per heavy atom. The van der Waals surface area contributed by atoms with Crippen LogP contribution in [0.15, 0.2) is 12.3 Å². The Hall–Kier alpha value is -1.09. The van der Waals surface area contributed by atoms with Crippen molar-refractivity contribution in [2.75, 3.05) is 31.1 Å². The molecular weight excluding hydrogens is 270 g/mol. The highest BCUT2D eigenvalue weighted by Gasteiger charge is 2.25. The fourth-order valence-electron chi connectivity index (χ4n) is 4.03. The molecule has 3 heteroatoms. The van der Waals surface area contributed by atoms with Crippen molar-refractivity contribution in [1.82, 2.24) is 9.88 Å². The molecule has 0 aliphatic carbocycles. The van der Waals surface area contributed by atoms with E-state index < -0.39 is 0 Å². The largest absolute Gasteiger partial charge is 0.356 e. The maximum absolute atomic E-state index is 4.85. The van der Waals surface area contributed by atoms with Crippen molar-refractivity contribution in [2.24, 2.45) is 0 Å². The van der Waals surface area contributed by atoms with E-state index in [1.54, 1.807) is 0 Å². The van der Waals surface area contributed by atoms with E-state index in [4.69, 9.17) is 4.98 Å². The third kappa shape index (κ3) is 3.45. The molecule has 3 nitrogen and oxygen atoms in total. The molecule has 0 unspecified atom stereocenters. The summed E-state index contributed by atoms with van der Waals surface area (Å²) in [5, 5.41) is 0. The highest BCUT2D eigenvalue weighted by atomic mass is 15.2. The number of unbranched alkanes of at least 4 members (excludes halogenated alkanes) is 1. The maximum Gasteiger partial charge on any atom is 0.131 e. The summed E-state index contributed by atoms with van der Waals surface area (Å²) in [5.74, 6) is 1.22. The maximum atomic E-state index is 4.85. The predicted molar refractivity (Wildman–Crippen MR) is 93.5 cm³/mol. The van der Waals surface area contributed by atoms with E-state index in [0.717, 1.165) is 0 Å². The van der Waals surface area contributed by atoms with E-state index in [2.05, 4.69) is 35.9 Å². The minimum atomic E-state index is 0.596. The monoisotopic (exact) mass is 301 g/mol. The lowest BCUT2D eigenvalue weighted by Crippen LogP contribution is -2.34. The van der Waals surface area contributed by atoms with Gasteiger partial charge in [0, 0.05) is 25.3 Å². The van der Waals surface area contributed by atoms with Crippen molar-refractivity contribution in [3.63, 3.8) is 0 Å². The van der Waals surface area contributed by atoms with Gasteiger partial charge in [0.25, 0.3) is 0 Å². The second-order valence-electron chi connectivity index (χ2n) is 7.00. The molecule has 0 spiro atoms. The lowest BCUT2D eigenvalue weighted by molar-refractivity contribution is 0.146. The number of likely N-dealkylation sites (tertiary alicyclic amines) is 1. The number of piperidine rings is 1. The van der Waals surface area contributed by atoms with Crippen molar-refractivity contribution < 1.29 is 0 Å². The molecule has 0 radical (unpaired) electrons. The van der Waals surface area contributed by atoms with Crippen molar-refractivity contribution in [3.8, 4) is 0 Å². The summed E-state index contributed by atoms with van der Waals surface area (Å²) in [6.07, 6.45) is 11.4. The SMILES string of the molecule is CCCCN1CCCC[C@H]1c1cnc(N2CCCC2)c(C)c1. The predicted octanol–water partition coefficient (Wildman–Crippen LogP) is 4.32. The van der Waals surface area contributed by atoms with Crippen LogP contribution in [-0.2, 0) is 0 Å².